The van der Waals surface area contributed by atoms with Gasteiger partial charge in [-0.3, -0.25) is 4.79 Å². The van der Waals surface area contributed by atoms with E-state index in [1.807, 2.05) is 0 Å². The molecule has 3 heterocycles. The third-order valence-electron chi connectivity index (χ3n) is 4.73. The average Bonchev–Trinajstić information content (AvgIpc) is 2.52. The summed E-state index contributed by atoms with van der Waals surface area (Å²) < 4.78 is 0. The third-order valence-corrected chi connectivity index (χ3v) is 4.73. The Morgan fingerprint density at radius 3 is 3.00 bits per heavy atom. The highest BCUT2D eigenvalue weighted by atomic mass is 16.3. The zero-order chi connectivity index (χ0) is 15.6. The van der Waals surface area contributed by atoms with Gasteiger partial charge < -0.3 is 20.6 Å². The predicted molar refractivity (Wildman–Crippen MR) is 83.2 cm³/mol. The number of nitrogens with zero attached hydrogens (tertiary/aromatic N) is 4. The van der Waals surface area contributed by atoms with E-state index in [0.717, 1.165) is 32.4 Å². The SMILES string of the molecule is Nc1ccnc(N2CCCC3(CCC(=O)N(CCO)C3)C2)n1. The molecule has 1 amide bonds. The van der Waals surface area contributed by atoms with Crippen molar-refractivity contribution >= 4 is 17.7 Å². The van der Waals surface area contributed by atoms with Crippen molar-refractivity contribution in [2.75, 3.05) is 43.4 Å². The molecule has 7 heteroatoms. The number of amides is 1. The highest BCUT2D eigenvalue weighted by Gasteiger charge is 2.42. The number of aliphatic hydroxyl groups is 1. The molecular weight excluding hydrogens is 282 g/mol. The number of hydrogen-bond acceptors (Lipinski definition) is 6. The molecule has 0 aliphatic carbocycles. The Balaban J connectivity index is 1.76. The Bertz CT molecular complexity index is 552. The molecule has 2 fully saturated rings. The molecule has 2 aliphatic heterocycles. The van der Waals surface area contributed by atoms with E-state index in [4.69, 9.17) is 10.8 Å². The zero-order valence-electron chi connectivity index (χ0n) is 12.7. The van der Waals surface area contributed by atoms with Crippen LogP contribution in [0.3, 0.4) is 0 Å². The molecular formula is C15H23N5O2. The van der Waals surface area contributed by atoms with Gasteiger partial charge >= 0.3 is 0 Å². The molecule has 3 rings (SSSR count). The first kappa shape index (κ1) is 15.0. The number of piperidine rings is 2. The summed E-state index contributed by atoms with van der Waals surface area (Å²) >= 11 is 0. The number of likely N-dealkylation sites (tertiary alicyclic amines) is 1. The Kier molecular flexibility index (Phi) is 4.15. The molecule has 0 radical (unpaired) electrons. The minimum absolute atomic E-state index is 0.0177. The first-order valence-electron chi connectivity index (χ1n) is 7.84. The zero-order valence-corrected chi connectivity index (χ0v) is 12.7. The monoisotopic (exact) mass is 305 g/mol. The molecule has 1 atom stereocenters. The molecule has 2 aliphatic rings. The van der Waals surface area contributed by atoms with Crippen LogP contribution in [-0.2, 0) is 4.79 Å². The molecule has 1 aromatic heterocycles. The van der Waals surface area contributed by atoms with Crippen LogP contribution >= 0.6 is 0 Å². The lowest BCUT2D eigenvalue weighted by molar-refractivity contribution is -0.138. The summed E-state index contributed by atoms with van der Waals surface area (Å²) in [6, 6.07) is 1.69. The Morgan fingerprint density at radius 2 is 2.23 bits per heavy atom. The van der Waals surface area contributed by atoms with Crippen LogP contribution in [0.4, 0.5) is 11.8 Å². The lowest BCUT2D eigenvalue weighted by atomic mass is 9.73. The van der Waals surface area contributed by atoms with E-state index in [9.17, 15) is 4.79 Å². The van der Waals surface area contributed by atoms with Gasteiger partial charge in [-0.1, -0.05) is 0 Å². The molecule has 7 nitrogen and oxygen atoms in total. The molecule has 1 unspecified atom stereocenters. The van der Waals surface area contributed by atoms with Crippen molar-refractivity contribution in [3.8, 4) is 0 Å². The Labute approximate surface area is 130 Å². The molecule has 3 N–H and O–H groups in total. The predicted octanol–water partition coefficient (Wildman–Crippen LogP) is 0.260. The van der Waals surface area contributed by atoms with E-state index >= 15 is 0 Å². The molecule has 0 bridgehead atoms. The first-order chi connectivity index (χ1) is 10.6. The fourth-order valence-electron chi connectivity index (χ4n) is 3.65. The summed E-state index contributed by atoms with van der Waals surface area (Å²) in [5.41, 5.74) is 5.84. The van der Waals surface area contributed by atoms with Crippen LogP contribution in [0.5, 0.6) is 0 Å². The number of anilines is 2. The van der Waals surface area contributed by atoms with Crippen LogP contribution in [0.25, 0.3) is 0 Å². The summed E-state index contributed by atoms with van der Waals surface area (Å²) in [5, 5.41) is 9.15. The number of rotatable bonds is 3. The summed E-state index contributed by atoms with van der Waals surface area (Å²) in [7, 11) is 0. The Hall–Kier alpha value is -1.89. The van der Waals surface area contributed by atoms with Crippen LogP contribution < -0.4 is 10.6 Å². The van der Waals surface area contributed by atoms with Gasteiger partial charge in [-0.05, 0) is 25.3 Å². The highest BCUT2D eigenvalue weighted by molar-refractivity contribution is 5.77. The lowest BCUT2D eigenvalue weighted by Gasteiger charge is -2.48. The van der Waals surface area contributed by atoms with Crippen molar-refractivity contribution in [1.29, 1.82) is 0 Å². The van der Waals surface area contributed by atoms with Crippen molar-refractivity contribution in [3.05, 3.63) is 12.3 Å². The van der Waals surface area contributed by atoms with E-state index < -0.39 is 0 Å². The standard InChI is InChI=1S/C15H23N5O2/c16-12-3-6-17-14(18-12)20-7-1-4-15(11-20)5-2-13(22)19(10-15)8-9-21/h3,6,21H,1-2,4-5,7-11H2,(H2,16,17,18). The van der Waals surface area contributed by atoms with Gasteiger partial charge in [-0.2, -0.15) is 4.98 Å². The normalized spacial score (nSPS) is 25.8. The number of aromatic nitrogens is 2. The third kappa shape index (κ3) is 2.99. The Morgan fingerprint density at radius 1 is 1.36 bits per heavy atom. The number of carbonyl (C=O) groups is 1. The molecule has 2 saturated heterocycles. The number of β-amino-alcohol motifs (C(OH)–C–C–N with tert-alkyl or cyclic N) is 1. The molecule has 22 heavy (non-hydrogen) atoms. The van der Waals surface area contributed by atoms with Crippen LogP contribution in [0, 0.1) is 5.41 Å². The minimum Gasteiger partial charge on any atom is -0.395 e. The number of nitrogens with two attached hydrogens (primary N) is 1. The van der Waals surface area contributed by atoms with Gasteiger partial charge in [0.1, 0.15) is 5.82 Å². The smallest absolute Gasteiger partial charge is 0.227 e. The minimum atomic E-state index is 0.0177. The topological polar surface area (TPSA) is 95.6 Å². The van der Waals surface area contributed by atoms with Crippen molar-refractivity contribution in [1.82, 2.24) is 14.9 Å². The van der Waals surface area contributed by atoms with Crippen LogP contribution in [0.2, 0.25) is 0 Å². The number of hydrogen-bond donors (Lipinski definition) is 2. The van der Waals surface area contributed by atoms with Crippen molar-refractivity contribution in [3.63, 3.8) is 0 Å². The van der Waals surface area contributed by atoms with Gasteiger partial charge in [-0.15, -0.1) is 0 Å². The van der Waals surface area contributed by atoms with Gasteiger partial charge in [0.2, 0.25) is 11.9 Å². The van der Waals surface area contributed by atoms with Gasteiger partial charge in [0.05, 0.1) is 6.61 Å². The lowest BCUT2D eigenvalue weighted by Crippen LogP contribution is -2.54. The van der Waals surface area contributed by atoms with E-state index in [-0.39, 0.29) is 17.9 Å². The second kappa shape index (κ2) is 6.08. The maximum Gasteiger partial charge on any atom is 0.227 e. The van der Waals surface area contributed by atoms with Gasteiger partial charge in [0, 0.05) is 44.2 Å². The van der Waals surface area contributed by atoms with E-state index in [1.165, 1.54) is 0 Å². The second-order valence-electron chi connectivity index (χ2n) is 6.35. The molecule has 1 aromatic rings. The second-order valence-corrected chi connectivity index (χ2v) is 6.35. The quantitative estimate of drug-likeness (QED) is 0.831. The number of aliphatic hydroxyl groups excluding tert-OH is 1. The van der Waals surface area contributed by atoms with E-state index in [2.05, 4.69) is 14.9 Å². The molecule has 1 spiro atoms. The van der Waals surface area contributed by atoms with Crippen LogP contribution in [-0.4, -0.2) is 58.7 Å². The van der Waals surface area contributed by atoms with Crippen molar-refractivity contribution < 1.29 is 9.90 Å². The van der Waals surface area contributed by atoms with Crippen LogP contribution in [0.1, 0.15) is 25.7 Å². The summed E-state index contributed by atoms with van der Waals surface area (Å²) in [6.07, 6.45) is 5.29. The molecule has 0 aromatic carbocycles. The maximum absolute atomic E-state index is 12.0. The van der Waals surface area contributed by atoms with Crippen LogP contribution in [0.15, 0.2) is 12.3 Å². The molecule has 120 valence electrons. The largest absolute Gasteiger partial charge is 0.395 e. The number of nitrogen functional groups attached to an aromatic ring is 1. The fourth-order valence-corrected chi connectivity index (χ4v) is 3.65. The van der Waals surface area contributed by atoms with E-state index in [1.54, 1.807) is 17.2 Å². The summed E-state index contributed by atoms with van der Waals surface area (Å²) in [4.78, 5) is 24.6. The average molecular weight is 305 g/mol. The summed E-state index contributed by atoms with van der Waals surface area (Å²) in [5.74, 6) is 1.30. The maximum atomic E-state index is 12.0. The fraction of sp³-hybridized carbons (Fsp3) is 0.667. The van der Waals surface area contributed by atoms with Gasteiger partial charge in [-0.25, -0.2) is 4.98 Å². The van der Waals surface area contributed by atoms with Crippen molar-refractivity contribution in [2.24, 2.45) is 5.41 Å². The number of carbonyl (C=O) groups excluding carboxylic acids is 1. The van der Waals surface area contributed by atoms with Crippen molar-refractivity contribution in [2.45, 2.75) is 25.7 Å². The van der Waals surface area contributed by atoms with E-state index in [0.29, 0.717) is 31.3 Å². The van der Waals surface area contributed by atoms with Gasteiger partial charge in [0.15, 0.2) is 0 Å². The summed E-state index contributed by atoms with van der Waals surface area (Å²) in [6.45, 7) is 2.91. The van der Waals surface area contributed by atoms with Gasteiger partial charge in [0.25, 0.3) is 0 Å². The first-order valence-corrected chi connectivity index (χ1v) is 7.84. The molecule has 0 saturated carbocycles. The highest BCUT2D eigenvalue weighted by Crippen LogP contribution is 2.39.